The standard InChI is InChI=1S/C52H82O7/c1-7-13-40-50-24-21-39-47(4)28-27-45(2)25-26-46(3,44(55)56)33-41(45)49(47,23-12-8-9-14-36-15-10-11-16-36)30-29-48(39,5)51(50,35-53)42(54)34-52(40,57)59-43(50)32-38-19-17-37(18-20-38)22-31-58-6/h17-20,36,39-43,53-54,57H,7-16,21-35H2,1-6H3,(H,55,56)/t39-,40-,41?,42-,43-,45-,46+,47-,48+,49-,50+,51-,52-/m0/s1. The molecule has 2 bridgehead atoms. The first kappa shape index (κ1) is 44.1. The van der Waals surface area contributed by atoms with Gasteiger partial charge < -0.3 is 29.9 Å². The third-order valence-corrected chi connectivity index (χ3v) is 20.8. The number of ether oxygens (including phenoxy) is 2. The molecule has 0 aromatic heterocycles. The number of hydrogen-bond donors (Lipinski definition) is 4. The number of aliphatic carboxylic acids is 1. The molecule has 1 aromatic carbocycles. The molecule has 7 fully saturated rings. The van der Waals surface area contributed by atoms with Gasteiger partial charge in [-0.15, -0.1) is 0 Å². The minimum atomic E-state index is -1.43. The number of aliphatic hydroxyl groups excluding tert-OH is 2. The van der Waals surface area contributed by atoms with Gasteiger partial charge in [0, 0.05) is 30.3 Å². The average Bonchev–Trinajstić information content (AvgIpc) is 3.78. The molecule has 4 N–H and O–H groups in total. The number of fused-ring (bicyclic) bond motifs is 7. The minimum absolute atomic E-state index is 0.00483. The van der Waals surface area contributed by atoms with Crippen LogP contribution in [0.1, 0.15) is 181 Å². The molecule has 1 heterocycles. The summed E-state index contributed by atoms with van der Waals surface area (Å²) in [6.07, 6.45) is 22.4. The lowest BCUT2D eigenvalue weighted by Crippen LogP contribution is -2.77. The molecule has 1 aromatic rings. The number of carboxylic acid groups (broad SMARTS) is 1. The quantitative estimate of drug-likeness (QED) is 0.130. The van der Waals surface area contributed by atoms with Crippen molar-refractivity contribution in [1.29, 1.82) is 0 Å². The molecule has 7 aliphatic rings. The molecule has 0 amide bonds. The van der Waals surface area contributed by atoms with Crippen molar-refractivity contribution < 1.29 is 34.7 Å². The lowest BCUT2D eigenvalue weighted by atomic mass is 9.25. The Hall–Kier alpha value is -1.51. The number of methoxy groups -OCH3 is 1. The van der Waals surface area contributed by atoms with Crippen LogP contribution in [-0.4, -0.2) is 64.7 Å². The second kappa shape index (κ2) is 15.9. The van der Waals surface area contributed by atoms with Gasteiger partial charge in [-0.05, 0) is 141 Å². The molecule has 1 spiro atoms. The zero-order valence-corrected chi connectivity index (χ0v) is 38.0. The van der Waals surface area contributed by atoms with Crippen molar-refractivity contribution in [2.24, 2.45) is 61.6 Å². The molecule has 1 unspecified atom stereocenters. The molecule has 1 saturated heterocycles. The Kier molecular flexibility index (Phi) is 11.9. The maximum atomic E-state index is 13.1. The van der Waals surface area contributed by atoms with Crippen LogP contribution >= 0.6 is 0 Å². The topological polar surface area (TPSA) is 116 Å². The van der Waals surface area contributed by atoms with Gasteiger partial charge in [-0.3, -0.25) is 4.79 Å². The van der Waals surface area contributed by atoms with Crippen molar-refractivity contribution in [3.05, 3.63) is 35.4 Å². The Morgan fingerprint density at radius 3 is 2.20 bits per heavy atom. The first-order valence-electron chi connectivity index (χ1n) is 24.6. The maximum absolute atomic E-state index is 13.1. The Morgan fingerprint density at radius 1 is 0.831 bits per heavy atom. The summed E-state index contributed by atoms with van der Waals surface area (Å²) in [6.45, 7) is 12.4. The number of hydrogen-bond acceptors (Lipinski definition) is 6. The van der Waals surface area contributed by atoms with E-state index in [0.717, 1.165) is 89.4 Å². The summed E-state index contributed by atoms with van der Waals surface area (Å²) in [4.78, 5) is 13.1. The van der Waals surface area contributed by atoms with Crippen LogP contribution in [0.2, 0.25) is 0 Å². The number of carboxylic acids is 1. The van der Waals surface area contributed by atoms with Gasteiger partial charge >= 0.3 is 5.97 Å². The predicted octanol–water partition coefficient (Wildman–Crippen LogP) is 10.7. The third-order valence-electron chi connectivity index (χ3n) is 20.8. The Balaban J connectivity index is 1.19. The molecular formula is C52H82O7. The Labute approximate surface area is 357 Å². The van der Waals surface area contributed by atoms with Crippen LogP contribution in [0.4, 0.5) is 0 Å². The van der Waals surface area contributed by atoms with Gasteiger partial charge in [-0.25, -0.2) is 0 Å². The second-order valence-electron chi connectivity index (χ2n) is 23.1. The molecule has 0 radical (unpaired) electrons. The highest BCUT2D eigenvalue weighted by molar-refractivity contribution is 5.74. The van der Waals surface area contributed by atoms with Gasteiger partial charge in [0.05, 0.1) is 30.8 Å². The van der Waals surface area contributed by atoms with E-state index in [4.69, 9.17) is 9.47 Å². The summed E-state index contributed by atoms with van der Waals surface area (Å²) in [6, 6.07) is 8.78. The predicted molar refractivity (Wildman–Crippen MR) is 233 cm³/mol. The summed E-state index contributed by atoms with van der Waals surface area (Å²) in [7, 11) is 1.74. The first-order valence-corrected chi connectivity index (χ1v) is 24.6. The molecule has 1 aliphatic heterocycles. The molecule has 6 saturated carbocycles. The zero-order valence-electron chi connectivity index (χ0n) is 38.0. The molecule has 8 rings (SSSR count). The molecular weight excluding hydrogens is 737 g/mol. The Bertz CT molecular complexity index is 1660. The van der Waals surface area contributed by atoms with E-state index in [1.54, 1.807) is 7.11 Å². The molecule has 7 heteroatoms. The number of unbranched alkanes of at least 4 members (excludes halogenated alkanes) is 2. The van der Waals surface area contributed by atoms with Gasteiger partial charge in [0.15, 0.2) is 5.79 Å². The van der Waals surface area contributed by atoms with E-state index < -0.39 is 39.5 Å². The van der Waals surface area contributed by atoms with Crippen molar-refractivity contribution in [3.63, 3.8) is 0 Å². The normalized spacial score (nSPS) is 46.6. The highest BCUT2D eigenvalue weighted by Crippen LogP contribution is 2.84. The van der Waals surface area contributed by atoms with Crippen LogP contribution in [0.25, 0.3) is 0 Å². The van der Waals surface area contributed by atoms with Crippen LogP contribution in [0.5, 0.6) is 0 Å². The lowest BCUT2D eigenvalue weighted by molar-refractivity contribution is -0.339. The van der Waals surface area contributed by atoms with E-state index in [2.05, 4.69) is 52.0 Å². The van der Waals surface area contributed by atoms with Crippen LogP contribution in [0.3, 0.4) is 0 Å². The summed E-state index contributed by atoms with van der Waals surface area (Å²) in [5, 5.41) is 48.6. The molecule has 13 atom stereocenters. The van der Waals surface area contributed by atoms with Crippen LogP contribution in [0, 0.1) is 61.6 Å². The van der Waals surface area contributed by atoms with Crippen LogP contribution < -0.4 is 0 Å². The fourth-order valence-electron chi connectivity index (χ4n) is 17.7. The van der Waals surface area contributed by atoms with Crippen LogP contribution in [0.15, 0.2) is 24.3 Å². The highest BCUT2D eigenvalue weighted by Gasteiger charge is 2.84. The zero-order chi connectivity index (χ0) is 42.1. The van der Waals surface area contributed by atoms with Crippen molar-refractivity contribution in [2.45, 2.75) is 200 Å². The Morgan fingerprint density at radius 2 is 1.53 bits per heavy atom. The van der Waals surface area contributed by atoms with Crippen molar-refractivity contribution in [2.75, 3.05) is 20.3 Å². The smallest absolute Gasteiger partial charge is 0.309 e. The largest absolute Gasteiger partial charge is 0.481 e. The van der Waals surface area contributed by atoms with Gasteiger partial charge in [0.1, 0.15) is 0 Å². The molecule has 332 valence electrons. The van der Waals surface area contributed by atoms with E-state index in [1.165, 1.54) is 62.5 Å². The number of rotatable bonds is 15. The number of benzene rings is 1. The molecule has 7 nitrogen and oxygen atoms in total. The molecule has 59 heavy (non-hydrogen) atoms. The summed E-state index contributed by atoms with van der Waals surface area (Å²) in [5.74, 6) is -0.750. The van der Waals surface area contributed by atoms with E-state index in [9.17, 15) is 25.2 Å². The third kappa shape index (κ3) is 6.43. The fraction of sp³-hybridized carbons (Fsp3) is 0.865. The minimum Gasteiger partial charge on any atom is -0.481 e. The first-order chi connectivity index (χ1) is 28.1. The van der Waals surface area contributed by atoms with Crippen molar-refractivity contribution >= 4 is 5.97 Å². The van der Waals surface area contributed by atoms with E-state index in [0.29, 0.717) is 18.9 Å². The van der Waals surface area contributed by atoms with Crippen LogP contribution in [-0.2, 0) is 27.1 Å². The molecule has 6 aliphatic carbocycles. The number of carbonyl (C=O) groups is 1. The second-order valence-corrected chi connectivity index (χ2v) is 23.1. The van der Waals surface area contributed by atoms with Gasteiger partial charge in [-0.2, -0.15) is 0 Å². The van der Waals surface area contributed by atoms with Gasteiger partial charge in [0.25, 0.3) is 0 Å². The fourth-order valence-corrected chi connectivity index (χ4v) is 17.7. The maximum Gasteiger partial charge on any atom is 0.309 e. The van der Waals surface area contributed by atoms with E-state index >= 15 is 0 Å². The van der Waals surface area contributed by atoms with Gasteiger partial charge in [0.2, 0.25) is 0 Å². The summed E-state index contributed by atoms with van der Waals surface area (Å²) >= 11 is 0. The lowest BCUT2D eigenvalue weighted by Gasteiger charge is -2.78. The SMILES string of the molecule is CCC[C@H]1[C@@]23CC[C@H]4[C@]5(C)CC[C@]6(C)CC[C@@](C)(C(=O)O)CC6[C@]5(CCCCCC5CCCC5)CC[C@@]4(C)[C@]2(CO)[C@@H](O)C[C@]1(O)O[C@H]3Cc1ccc(CCOC)cc1. The monoisotopic (exact) mass is 819 g/mol. The highest BCUT2D eigenvalue weighted by atomic mass is 16.6. The van der Waals surface area contributed by atoms with E-state index in [1.807, 2.05) is 6.92 Å². The van der Waals surface area contributed by atoms with Crippen molar-refractivity contribution in [1.82, 2.24) is 0 Å². The summed E-state index contributed by atoms with van der Waals surface area (Å²) in [5.41, 5.74) is -0.131. The van der Waals surface area contributed by atoms with E-state index in [-0.39, 0.29) is 47.2 Å². The van der Waals surface area contributed by atoms with Crippen molar-refractivity contribution in [3.8, 4) is 0 Å². The number of aliphatic hydroxyl groups is 3. The average molecular weight is 819 g/mol. The van der Waals surface area contributed by atoms with Gasteiger partial charge in [-0.1, -0.05) is 110 Å². The summed E-state index contributed by atoms with van der Waals surface area (Å²) < 4.78 is 12.4.